The second kappa shape index (κ2) is 9.60. The van der Waals surface area contributed by atoms with Gasteiger partial charge < -0.3 is 5.32 Å². The van der Waals surface area contributed by atoms with Crippen LogP contribution in [0.3, 0.4) is 0 Å². The second-order valence-electron chi connectivity index (χ2n) is 7.18. The van der Waals surface area contributed by atoms with Crippen molar-refractivity contribution in [3.05, 3.63) is 93.2 Å². The van der Waals surface area contributed by atoms with Gasteiger partial charge >= 0.3 is 0 Å². The van der Waals surface area contributed by atoms with Crippen molar-refractivity contribution in [2.75, 3.05) is 5.75 Å². The van der Waals surface area contributed by atoms with E-state index < -0.39 is 5.92 Å². The van der Waals surface area contributed by atoms with Crippen LogP contribution in [-0.2, 0) is 11.2 Å². The third kappa shape index (κ3) is 4.55. The van der Waals surface area contributed by atoms with Crippen molar-refractivity contribution in [2.24, 2.45) is 0 Å². The van der Waals surface area contributed by atoms with E-state index in [1.165, 1.54) is 24.2 Å². The van der Waals surface area contributed by atoms with Crippen LogP contribution in [-0.4, -0.2) is 17.3 Å². The minimum Gasteiger partial charge on any atom is -0.353 e. The van der Waals surface area contributed by atoms with Crippen molar-refractivity contribution in [1.29, 1.82) is 5.26 Å². The van der Waals surface area contributed by atoms with Crippen LogP contribution in [0.5, 0.6) is 0 Å². The van der Waals surface area contributed by atoms with Crippen LogP contribution in [0, 0.1) is 11.3 Å². The van der Waals surface area contributed by atoms with Gasteiger partial charge in [-0.2, -0.15) is 5.26 Å². The van der Waals surface area contributed by atoms with E-state index in [1.54, 1.807) is 12.1 Å². The van der Waals surface area contributed by atoms with Gasteiger partial charge in [-0.25, -0.2) is 0 Å². The molecule has 0 bridgehead atoms. The summed E-state index contributed by atoms with van der Waals surface area (Å²) in [5.41, 5.74) is 4.53. The molecule has 0 unspecified atom stereocenters. The number of thioether (sulfide) groups is 1. The first-order chi connectivity index (χ1) is 14.5. The normalized spacial score (nSPS) is 16.1. The molecule has 0 saturated carbocycles. The van der Waals surface area contributed by atoms with Gasteiger partial charge in [0.1, 0.15) is 0 Å². The Morgan fingerprint density at radius 3 is 2.33 bits per heavy atom. The number of nitrogens with one attached hydrogen (secondary N) is 1. The summed E-state index contributed by atoms with van der Waals surface area (Å²) in [4.78, 5) is 25.0. The van der Waals surface area contributed by atoms with Gasteiger partial charge in [0, 0.05) is 16.8 Å². The molecule has 30 heavy (non-hydrogen) atoms. The topological polar surface area (TPSA) is 70.0 Å². The molecule has 0 radical (unpaired) electrons. The van der Waals surface area contributed by atoms with Crippen LogP contribution in [0.25, 0.3) is 0 Å². The molecule has 1 aliphatic heterocycles. The summed E-state index contributed by atoms with van der Waals surface area (Å²) in [5, 5.41) is 13.8. The second-order valence-corrected chi connectivity index (χ2v) is 8.17. The average Bonchev–Trinajstić information content (AvgIpc) is 2.77. The zero-order valence-corrected chi connectivity index (χ0v) is 18.2. The summed E-state index contributed by atoms with van der Waals surface area (Å²) in [7, 11) is 0. The lowest BCUT2D eigenvalue weighted by molar-refractivity contribution is -0.113. The van der Waals surface area contributed by atoms with Gasteiger partial charge in [0.2, 0.25) is 0 Å². The summed E-state index contributed by atoms with van der Waals surface area (Å²) < 4.78 is 0. The van der Waals surface area contributed by atoms with Gasteiger partial charge in [-0.3, -0.25) is 9.59 Å². The maximum absolute atomic E-state index is 12.5. The molecule has 152 valence electrons. The molecule has 1 heterocycles. The number of nitriles is 1. The zero-order chi connectivity index (χ0) is 21.7. The molecule has 4 nitrogen and oxygen atoms in total. The molecule has 2 aromatic carbocycles. The maximum atomic E-state index is 12.5. The Hall–Kier alpha value is -3.10. The SMILES string of the molecule is CCc1ccc([C@@H]2C(C#N)=C(SCC(=O)c3ccccc3)NC(C)=C2C(C)=O)cc1. The van der Waals surface area contributed by atoms with Crippen LogP contribution in [0.15, 0.2) is 76.5 Å². The van der Waals surface area contributed by atoms with E-state index in [9.17, 15) is 14.9 Å². The number of carbonyl (C=O) groups excluding carboxylic acids is 2. The third-order valence-electron chi connectivity index (χ3n) is 5.19. The largest absolute Gasteiger partial charge is 0.353 e. The highest BCUT2D eigenvalue weighted by atomic mass is 32.2. The predicted molar refractivity (Wildman–Crippen MR) is 121 cm³/mol. The van der Waals surface area contributed by atoms with Crippen molar-refractivity contribution in [3.63, 3.8) is 0 Å². The lowest BCUT2D eigenvalue weighted by atomic mass is 9.81. The molecule has 0 aromatic heterocycles. The number of benzene rings is 2. The molecule has 0 fully saturated rings. The van der Waals surface area contributed by atoms with E-state index in [0.29, 0.717) is 21.7 Å². The van der Waals surface area contributed by atoms with Crippen LogP contribution < -0.4 is 5.32 Å². The monoisotopic (exact) mass is 416 g/mol. The lowest BCUT2D eigenvalue weighted by Crippen LogP contribution is -2.27. The van der Waals surface area contributed by atoms with Gasteiger partial charge in [-0.1, -0.05) is 73.3 Å². The highest BCUT2D eigenvalue weighted by molar-refractivity contribution is 8.03. The number of aryl methyl sites for hydroxylation is 1. The number of allylic oxidation sites excluding steroid dienone is 3. The third-order valence-corrected chi connectivity index (χ3v) is 6.21. The number of dihydropyridines is 1. The molecule has 5 heteroatoms. The first kappa shape index (κ1) is 21.6. The summed E-state index contributed by atoms with van der Waals surface area (Å²) in [5.74, 6) is -0.299. The van der Waals surface area contributed by atoms with Gasteiger partial charge in [0.15, 0.2) is 11.6 Å². The van der Waals surface area contributed by atoms with Crippen molar-refractivity contribution < 1.29 is 9.59 Å². The Kier molecular flexibility index (Phi) is 6.91. The summed E-state index contributed by atoms with van der Waals surface area (Å²) in [6, 6.07) is 19.4. The standard InChI is InChI=1S/C25H24N2O2S/c1-4-18-10-12-20(13-11-18)24-21(14-26)25(27-16(2)23(24)17(3)28)30-15-22(29)19-8-6-5-7-9-19/h5-13,24,27H,4,15H2,1-3H3/t24-/m1/s1. The van der Waals surface area contributed by atoms with E-state index in [0.717, 1.165) is 17.7 Å². The fraction of sp³-hybridized carbons (Fsp3) is 0.240. The molecule has 1 aliphatic rings. The molecule has 1 atom stereocenters. The average molecular weight is 417 g/mol. The minimum atomic E-state index is -0.436. The van der Waals surface area contributed by atoms with Crippen molar-refractivity contribution in [1.82, 2.24) is 5.32 Å². The number of nitrogens with zero attached hydrogens (tertiary/aromatic N) is 1. The predicted octanol–water partition coefficient (Wildman–Crippen LogP) is 5.15. The van der Waals surface area contributed by atoms with E-state index in [4.69, 9.17) is 0 Å². The van der Waals surface area contributed by atoms with E-state index in [2.05, 4.69) is 18.3 Å². The molecule has 1 N–H and O–H groups in total. The maximum Gasteiger partial charge on any atom is 0.173 e. The highest BCUT2D eigenvalue weighted by Gasteiger charge is 2.33. The van der Waals surface area contributed by atoms with E-state index in [-0.39, 0.29) is 17.3 Å². The summed E-state index contributed by atoms with van der Waals surface area (Å²) >= 11 is 1.31. The summed E-state index contributed by atoms with van der Waals surface area (Å²) in [6.07, 6.45) is 0.921. The van der Waals surface area contributed by atoms with Crippen molar-refractivity contribution in [3.8, 4) is 6.07 Å². The van der Waals surface area contributed by atoms with Crippen molar-refractivity contribution in [2.45, 2.75) is 33.1 Å². The fourth-order valence-corrected chi connectivity index (χ4v) is 4.60. The number of carbonyl (C=O) groups is 2. The van der Waals surface area contributed by atoms with Crippen LogP contribution in [0.2, 0.25) is 0 Å². The first-order valence-corrected chi connectivity index (χ1v) is 10.9. The Bertz CT molecular complexity index is 1060. The zero-order valence-electron chi connectivity index (χ0n) is 17.4. The number of Topliss-reactive ketones (excluding diaryl/α,β-unsaturated/α-hetero) is 2. The molecular weight excluding hydrogens is 392 g/mol. The number of ketones is 2. The fourth-order valence-electron chi connectivity index (χ4n) is 3.62. The minimum absolute atomic E-state index is 0.00460. The van der Waals surface area contributed by atoms with Gasteiger partial charge in [-0.05, 0) is 31.4 Å². The Balaban J connectivity index is 1.96. The van der Waals surface area contributed by atoms with Gasteiger partial charge in [0.05, 0.1) is 28.3 Å². The quantitative estimate of drug-likeness (QED) is 0.632. The molecular formula is C25H24N2O2S. The highest BCUT2D eigenvalue weighted by Crippen LogP contribution is 2.41. The van der Waals surface area contributed by atoms with Crippen molar-refractivity contribution >= 4 is 23.3 Å². The Morgan fingerprint density at radius 1 is 1.10 bits per heavy atom. The van der Waals surface area contributed by atoms with Crippen LogP contribution in [0.4, 0.5) is 0 Å². The smallest absolute Gasteiger partial charge is 0.173 e. The molecule has 2 aromatic rings. The summed E-state index contributed by atoms with van der Waals surface area (Å²) in [6.45, 7) is 5.46. The lowest BCUT2D eigenvalue weighted by Gasteiger charge is -2.29. The molecule has 3 rings (SSSR count). The molecule has 0 amide bonds. The Morgan fingerprint density at radius 2 is 1.77 bits per heavy atom. The van der Waals surface area contributed by atoms with E-state index in [1.807, 2.05) is 49.4 Å². The number of hydrogen-bond acceptors (Lipinski definition) is 5. The first-order valence-electron chi connectivity index (χ1n) is 9.89. The van der Waals surface area contributed by atoms with Gasteiger partial charge in [0.25, 0.3) is 0 Å². The molecule has 0 saturated heterocycles. The van der Waals surface area contributed by atoms with Gasteiger partial charge in [-0.15, -0.1) is 0 Å². The van der Waals surface area contributed by atoms with Crippen LogP contribution >= 0.6 is 11.8 Å². The molecule has 0 aliphatic carbocycles. The number of rotatable bonds is 7. The van der Waals surface area contributed by atoms with E-state index >= 15 is 0 Å². The molecule has 0 spiro atoms. The van der Waals surface area contributed by atoms with Crippen LogP contribution in [0.1, 0.15) is 48.2 Å². The number of hydrogen-bond donors (Lipinski definition) is 1. The Labute approximate surface area is 181 Å².